The van der Waals surface area contributed by atoms with Gasteiger partial charge in [-0.3, -0.25) is 14.9 Å². The first-order chi connectivity index (χ1) is 11.9. The van der Waals surface area contributed by atoms with Crippen LogP contribution in [0.1, 0.15) is 52.7 Å². The first kappa shape index (κ1) is 18.0. The lowest BCUT2D eigenvalue weighted by molar-refractivity contribution is -0.384. The summed E-state index contributed by atoms with van der Waals surface area (Å²) in [5.74, 6) is 0.392. The van der Waals surface area contributed by atoms with Gasteiger partial charge in [0.1, 0.15) is 11.2 Å². The molecule has 0 amide bonds. The van der Waals surface area contributed by atoms with Crippen LogP contribution in [0.3, 0.4) is 0 Å². The number of hydrogen-bond acceptors (Lipinski definition) is 5. The van der Waals surface area contributed by atoms with Gasteiger partial charge in [0.25, 0.3) is 5.69 Å². The van der Waals surface area contributed by atoms with Crippen molar-refractivity contribution in [3.63, 3.8) is 0 Å². The molecule has 0 saturated heterocycles. The average molecular weight is 354 g/mol. The number of rotatable bonds is 1. The second-order valence-corrected chi connectivity index (χ2v) is 8.60. The maximum atomic E-state index is 13.2. The van der Waals surface area contributed by atoms with Crippen LogP contribution in [0.4, 0.5) is 5.69 Å². The summed E-state index contributed by atoms with van der Waals surface area (Å²) in [4.78, 5) is 28.4. The van der Waals surface area contributed by atoms with Gasteiger partial charge in [-0.05, 0) is 23.0 Å². The molecule has 0 N–H and O–H groups in total. The molecular weight excluding hydrogens is 332 g/mol. The van der Waals surface area contributed by atoms with E-state index in [-0.39, 0.29) is 16.5 Å². The van der Waals surface area contributed by atoms with Crippen molar-refractivity contribution in [2.75, 3.05) is 0 Å². The van der Waals surface area contributed by atoms with E-state index >= 15 is 0 Å². The third-order valence-electron chi connectivity index (χ3n) is 4.38. The number of nitro groups is 1. The number of nitro benzene ring substituents is 1. The van der Waals surface area contributed by atoms with Gasteiger partial charge in [-0.15, -0.1) is 0 Å². The summed E-state index contributed by atoms with van der Waals surface area (Å²) >= 11 is 0. The van der Waals surface area contributed by atoms with Crippen LogP contribution in [0.15, 0.2) is 33.5 Å². The van der Waals surface area contributed by atoms with Crippen molar-refractivity contribution in [1.29, 1.82) is 0 Å². The van der Waals surface area contributed by atoms with Gasteiger partial charge in [-0.1, -0.05) is 41.5 Å². The van der Waals surface area contributed by atoms with E-state index in [4.69, 9.17) is 4.42 Å². The summed E-state index contributed by atoms with van der Waals surface area (Å²) in [7, 11) is 0. The Labute approximate surface area is 151 Å². The Hall–Kier alpha value is -2.76. The van der Waals surface area contributed by atoms with E-state index in [1.165, 1.54) is 12.1 Å². The molecule has 0 radical (unpaired) electrons. The molecule has 0 unspecified atom stereocenters. The van der Waals surface area contributed by atoms with Gasteiger partial charge in [-0.2, -0.15) is 0 Å². The van der Waals surface area contributed by atoms with E-state index in [1.54, 1.807) is 12.1 Å². The highest BCUT2D eigenvalue weighted by molar-refractivity contribution is 5.79. The standard InChI is InChI=1S/C20H22N2O4/c1-19(2,3)12-10-14-18(16(17(12)23)20(4,5)6)26-15-9-11(22(24)25)7-8-13(15)21-14/h7-10H,1-6H3. The summed E-state index contributed by atoms with van der Waals surface area (Å²) in [5, 5.41) is 11.0. The van der Waals surface area contributed by atoms with Crippen LogP contribution >= 0.6 is 0 Å². The molecule has 0 spiro atoms. The van der Waals surface area contributed by atoms with Crippen molar-refractivity contribution >= 4 is 16.8 Å². The average Bonchev–Trinajstić information content (AvgIpc) is 2.49. The zero-order valence-corrected chi connectivity index (χ0v) is 15.8. The van der Waals surface area contributed by atoms with Crippen molar-refractivity contribution in [3.8, 4) is 11.5 Å². The lowest BCUT2D eigenvalue weighted by atomic mass is 9.78. The molecule has 0 saturated carbocycles. The molecule has 1 aliphatic heterocycles. The van der Waals surface area contributed by atoms with Gasteiger partial charge in [0.05, 0.1) is 16.6 Å². The van der Waals surface area contributed by atoms with Gasteiger partial charge in [-0.25, -0.2) is 4.98 Å². The Bertz CT molecular complexity index is 1050. The van der Waals surface area contributed by atoms with E-state index in [0.717, 1.165) is 0 Å². The SMILES string of the molecule is CC(C)(C)c1cc2nc3ccc([N+](=O)[O-])cc3oc-2c(C(C)(C)C)c1=O. The molecule has 136 valence electrons. The molecule has 1 aromatic carbocycles. The Morgan fingerprint density at radius 1 is 1.04 bits per heavy atom. The Morgan fingerprint density at radius 3 is 2.23 bits per heavy atom. The Morgan fingerprint density at radius 2 is 1.69 bits per heavy atom. The predicted molar refractivity (Wildman–Crippen MR) is 101 cm³/mol. The van der Waals surface area contributed by atoms with Crippen molar-refractivity contribution in [2.24, 2.45) is 0 Å². The normalized spacial score (nSPS) is 12.7. The highest BCUT2D eigenvalue weighted by Gasteiger charge is 2.32. The minimum absolute atomic E-state index is 0.0622. The minimum atomic E-state index is -0.481. The van der Waals surface area contributed by atoms with Crippen LogP contribution in [0.25, 0.3) is 22.6 Å². The van der Waals surface area contributed by atoms with Crippen LogP contribution in [0.2, 0.25) is 0 Å². The number of hydrogen-bond donors (Lipinski definition) is 0. The first-order valence-electron chi connectivity index (χ1n) is 8.46. The summed E-state index contributed by atoms with van der Waals surface area (Å²) in [5.41, 5.74) is 1.68. The van der Waals surface area contributed by atoms with Crippen LogP contribution in [0.5, 0.6) is 0 Å². The van der Waals surface area contributed by atoms with Crippen LogP contribution in [0, 0.1) is 10.1 Å². The molecule has 0 aromatic heterocycles. The fourth-order valence-corrected chi connectivity index (χ4v) is 3.09. The van der Waals surface area contributed by atoms with Crippen LogP contribution < -0.4 is 5.43 Å². The van der Waals surface area contributed by atoms with Crippen LogP contribution in [-0.2, 0) is 10.8 Å². The second kappa shape index (κ2) is 5.62. The summed E-state index contributed by atoms with van der Waals surface area (Å²) in [6, 6.07) is 6.08. The molecule has 6 nitrogen and oxygen atoms in total. The van der Waals surface area contributed by atoms with Gasteiger partial charge in [0.2, 0.25) is 0 Å². The zero-order valence-electron chi connectivity index (χ0n) is 15.8. The van der Waals surface area contributed by atoms with E-state index < -0.39 is 10.3 Å². The van der Waals surface area contributed by atoms with E-state index in [1.807, 2.05) is 41.5 Å². The lowest BCUT2D eigenvalue weighted by Crippen LogP contribution is -2.31. The fourth-order valence-electron chi connectivity index (χ4n) is 3.09. The van der Waals surface area contributed by atoms with Crippen molar-refractivity contribution in [1.82, 2.24) is 4.98 Å². The van der Waals surface area contributed by atoms with Gasteiger partial charge >= 0.3 is 0 Å². The van der Waals surface area contributed by atoms with Gasteiger partial charge in [0.15, 0.2) is 16.8 Å². The molecule has 3 rings (SSSR count). The molecular formula is C20H22N2O4. The van der Waals surface area contributed by atoms with Gasteiger partial charge < -0.3 is 4.42 Å². The van der Waals surface area contributed by atoms with Crippen LogP contribution in [-0.4, -0.2) is 9.91 Å². The molecule has 1 aromatic rings. The van der Waals surface area contributed by atoms with Crippen molar-refractivity contribution in [2.45, 2.75) is 52.4 Å². The third-order valence-corrected chi connectivity index (χ3v) is 4.38. The highest BCUT2D eigenvalue weighted by atomic mass is 16.6. The quantitative estimate of drug-likeness (QED) is 0.356. The monoisotopic (exact) mass is 354 g/mol. The molecule has 1 aliphatic carbocycles. The van der Waals surface area contributed by atoms with E-state index in [9.17, 15) is 14.9 Å². The van der Waals surface area contributed by atoms with Crippen molar-refractivity contribution in [3.05, 3.63) is 55.7 Å². The largest absolute Gasteiger partial charge is 0.452 e. The maximum Gasteiger partial charge on any atom is 0.273 e. The molecule has 0 fully saturated rings. The van der Waals surface area contributed by atoms with Crippen molar-refractivity contribution < 1.29 is 9.34 Å². The summed E-state index contributed by atoms with van der Waals surface area (Å²) < 4.78 is 5.98. The number of non-ortho nitro benzene ring substituents is 1. The fraction of sp³-hybridized carbons (Fsp3) is 0.400. The predicted octanol–water partition coefficient (Wildman–Crippen LogP) is 4.80. The Kier molecular flexibility index (Phi) is 3.90. The van der Waals surface area contributed by atoms with E-state index in [0.29, 0.717) is 33.7 Å². The second-order valence-electron chi connectivity index (χ2n) is 8.60. The number of aromatic nitrogens is 1. The number of benzene rings is 2. The lowest BCUT2D eigenvalue weighted by Gasteiger charge is -2.26. The Balaban J connectivity index is 2.48. The summed E-state index contributed by atoms with van der Waals surface area (Å²) in [6.07, 6.45) is 0. The first-order valence-corrected chi connectivity index (χ1v) is 8.46. The molecule has 0 bridgehead atoms. The van der Waals surface area contributed by atoms with E-state index in [2.05, 4.69) is 4.98 Å². The summed E-state index contributed by atoms with van der Waals surface area (Å²) in [6.45, 7) is 11.8. The third kappa shape index (κ3) is 2.96. The maximum absolute atomic E-state index is 13.2. The minimum Gasteiger partial charge on any atom is -0.452 e. The molecule has 1 heterocycles. The zero-order chi connectivity index (χ0) is 19.4. The highest BCUT2D eigenvalue weighted by Crippen LogP contribution is 2.36. The number of nitrogens with zero attached hydrogens (tertiary/aromatic N) is 2. The molecule has 0 atom stereocenters. The topological polar surface area (TPSA) is 86.2 Å². The number of fused-ring (bicyclic) bond motifs is 2. The molecule has 26 heavy (non-hydrogen) atoms. The molecule has 6 heteroatoms. The van der Waals surface area contributed by atoms with Gasteiger partial charge in [0, 0.05) is 11.6 Å². The smallest absolute Gasteiger partial charge is 0.273 e. The molecule has 2 aliphatic rings.